The molecule has 2 N–H and O–H groups in total. The minimum atomic E-state index is 0.417. The third-order valence-corrected chi connectivity index (χ3v) is 4.08. The Kier molecular flexibility index (Phi) is 2.54. The molecular formula is C12H21N3O. The summed E-state index contributed by atoms with van der Waals surface area (Å²) in [5, 5.41) is 6.96. The van der Waals surface area contributed by atoms with Gasteiger partial charge in [-0.05, 0) is 31.6 Å². The minimum Gasteiger partial charge on any atom is -0.373 e. The Hall–Kier alpha value is -0.770. The van der Waals surface area contributed by atoms with Crippen molar-refractivity contribution in [2.24, 2.45) is 10.9 Å². The quantitative estimate of drug-likeness (QED) is 0.539. The summed E-state index contributed by atoms with van der Waals surface area (Å²) in [5.74, 6) is 1.75. The lowest BCUT2D eigenvalue weighted by Gasteiger charge is -2.22. The maximum absolute atomic E-state index is 5.83. The highest BCUT2D eigenvalue weighted by Crippen LogP contribution is 2.34. The third-order valence-electron chi connectivity index (χ3n) is 4.08. The normalized spacial score (nSPS) is 45.9. The summed E-state index contributed by atoms with van der Waals surface area (Å²) < 4.78 is 5.83. The molecule has 1 saturated carbocycles. The van der Waals surface area contributed by atoms with Gasteiger partial charge in [0.2, 0.25) is 0 Å². The standard InChI is InChI=1S/C12H21N3O/c1-7-5-9(7)14-12(13-2)15-10-6-8-3-4-11(10)16-8/h7-11H,3-6H2,1-2H3,(H2,13,14,15). The first kappa shape index (κ1) is 10.4. The molecule has 2 saturated heterocycles. The van der Waals surface area contributed by atoms with Gasteiger partial charge in [-0.1, -0.05) is 6.92 Å². The van der Waals surface area contributed by atoms with Gasteiger partial charge in [-0.15, -0.1) is 0 Å². The van der Waals surface area contributed by atoms with Gasteiger partial charge in [-0.25, -0.2) is 0 Å². The largest absolute Gasteiger partial charge is 0.373 e. The number of fused-ring (bicyclic) bond motifs is 2. The second-order valence-corrected chi connectivity index (χ2v) is 5.40. The van der Waals surface area contributed by atoms with Crippen molar-refractivity contribution in [2.75, 3.05) is 7.05 Å². The van der Waals surface area contributed by atoms with Crippen molar-refractivity contribution in [3.63, 3.8) is 0 Å². The lowest BCUT2D eigenvalue weighted by molar-refractivity contribution is 0.0992. The van der Waals surface area contributed by atoms with E-state index < -0.39 is 0 Å². The molecule has 2 heterocycles. The van der Waals surface area contributed by atoms with Crippen molar-refractivity contribution in [2.45, 2.75) is 56.9 Å². The van der Waals surface area contributed by atoms with Gasteiger partial charge in [0, 0.05) is 13.1 Å². The molecule has 0 aromatic carbocycles. The molecular weight excluding hydrogens is 202 g/mol. The molecule has 5 unspecified atom stereocenters. The summed E-state index contributed by atoms with van der Waals surface area (Å²) in [5.41, 5.74) is 0. The number of guanidine groups is 1. The molecule has 4 heteroatoms. The first-order valence-corrected chi connectivity index (χ1v) is 6.41. The van der Waals surface area contributed by atoms with E-state index in [1.54, 1.807) is 0 Å². The highest BCUT2D eigenvalue weighted by molar-refractivity contribution is 5.80. The molecule has 4 nitrogen and oxygen atoms in total. The highest BCUT2D eigenvalue weighted by atomic mass is 16.5. The second-order valence-electron chi connectivity index (χ2n) is 5.40. The Balaban J connectivity index is 1.52. The van der Waals surface area contributed by atoms with E-state index in [0.29, 0.717) is 24.3 Å². The zero-order valence-corrected chi connectivity index (χ0v) is 10.1. The molecule has 0 aromatic rings. The van der Waals surface area contributed by atoms with Gasteiger partial charge in [0.25, 0.3) is 0 Å². The molecule has 2 aliphatic heterocycles. The smallest absolute Gasteiger partial charge is 0.191 e. The molecule has 2 bridgehead atoms. The van der Waals surface area contributed by atoms with Crippen LogP contribution in [0, 0.1) is 5.92 Å². The molecule has 0 radical (unpaired) electrons. The fourth-order valence-corrected chi connectivity index (χ4v) is 2.83. The van der Waals surface area contributed by atoms with E-state index in [0.717, 1.165) is 18.3 Å². The number of aliphatic imine (C=N–C) groups is 1. The number of hydrogen-bond donors (Lipinski definition) is 2. The fourth-order valence-electron chi connectivity index (χ4n) is 2.83. The van der Waals surface area contributed by atoms with Gasteiger partial charge in [0.15, 0.2) is 5.96 Å². The van der Waals surface area contributed by atoms with E-state index in [1.165, 1.54) is 19.3 Å². The number of nitrogens with one attached hydrogen (secondary N) is 2. The lowest BCUT2D eigenvalue weighted by Crippen LogP contribution is -2.48. The Bertz CT molecular complexity index is 305. The van der Waals surface area contributed by atoms with Crippen LogP contribution in [0.3, 0.4) is 0 Å². The van der Waals surface area contributed by atoms with Crippen molar-refractivity contribution >= 4 is 5.96 Å². The Morgan fingerprint density at radius 1 is 1.19 bits per heavy atom. The Morgan fingerprint density at radius 3 is 2.44 bits per heavy atom. The van der Waals surface area contributed by atoms with Crippen LogP contribution in [-0.4, -0.2) is 37.3 Å². The number of rotatable bonds is 2. The van der Waals surface area contributed by atoms with Crippen LogP contribution in [0.5, 0.6) is 0 Å². The molecule has 5 atom stereocenters. The average molecular weight is 223 g/mol. The highest BCUT2D eigenvalue weighted by Gasteiger charge is 2.41. The van der Waals surface area contributed by atoms with Crippen LogP contribution in [0.25, 0.3) is 0 Å². The summed E-state index contributed by atoms with van der Waals surface area (Å²) in [7, 11) is 1.84. The fraction of sp³-hybridized carbons (Fsp3) is 0.917. The van der Waals surface area contributed by atoms with Crippen molar-refractivity contribution in [1.82, 2.24) is 10.6 Å². The number of ether oxygens (including phenoxy) is 1. The minimum absolute atomic E-state index is 0.417. The van der Waals surface area contributed by atoms with Gasteiger partial charge >= 0.3 is 0 Å². The Morgan fingerprint density at radius 2 is 1.94 bits per heavy atom. The van der Waals surface area contributed by atoms with Crippen LogP contribution in [0.2, 0.25) is 0 Å². The van der Waals surface area contributed by atoms with Gasteiger partial charge in [0.1, 0.15) is 0 Å². The number of nitrogens with zero attached hydrogens (tertiary/aromatic N) is 1. The lowest BCUT2D eigenvalue weighted by atomic mass is 9.96. The van der Waals surface area contributed by atoms with Crippen LogP contribution in [-0.2, 0) is 4.74 Å². The molecule has 0 amide bonds. The van der Waals surface area contributed by atoms with Crippen molar-refractivity contribution in [3.05, 3.63) is 0 Å². The van der Waals surface area contributed by atoms with E-state index in [9.17, 15) is 0 Å². The summed E-state index contributed by atoms with van der Waals surface area (Å²) in [6.45, 7) is 2.27. The summed E-state index contributed by atoms with van der Waals surface area (Å²) in [6, 6.07) is 1.10. The summed E-state index contributed by atoms with van der Waals surface area (Å²) >= 11 is 0. The topological polar surface area (TPSA) is 45.7 Å². The predicted molar refractivity (Wildman–Crippen MR) is 63.5 cm³/mol. The molecule has 3 aliphatic rings. The van der Waals surface area contributed by atoms with E-state index in [4.69, 9.17) is 4.74 Å². The van der Waals surface area contributed by atoms with E-state index >= 15 is 0 Å². The zero-order chi connectivity index (χ0) is 11.1. The van der Waals surface area contributed by atoms with Gasteiger partial charge < -0.3 is 15.4 Å². The maximum atomic E-state index is 5.83. The van der Waals surface area contributed by atoms with Crippen LogP contribution in [0.15, 0.2) is 4.99 Å². The first-order chi connectivity index (χ1) is 7.76. The van der Waals surface area contributed by atoms with Crippen LogP contribution < -0.4 is 10.6 Å². The molecule has 0 aromatic heterocycles. The second kappa shape index (κ2) is 3.91. The third kappa shape index (κ3) is 1.90. The van der Waals surface area contributed by atoms with E-state index in [2.05, 4.69) is 22.5 Å². The molecule has 0 spiro atoms. The summed E-state index contributed by atoms with van der Waals surface area (Å²) in [6.07, 6.45) is 5.79. The zero-order valence-electron chi connectivity index (χ0n) is 10.1. The molecule has 1 aliphatic carbocycles. The van der Waals surface area contributed by atoms with Gasteiger partial charge in [-0.2, -0.15) is 0 Å². The van der Waals surface area contributed by atoms with Crippen LogP contribution in [0.4, 0.5) is 0 Å². The van der Waals surface area contributed by atoms with Crippen LogP contribution in [0.1, 0.15) is 32.6 Å². The molecule has 3 rings (SSSR count). The van der Waals surface area contributed by atoms with Crippen molar-refractivity contribution in [3.8, 4) is 0 Å². The maximum Gasteiger partial charge on any atom is 0.191 e. The Labute approximate surface area is 96.8 Å². The first-order valence-electron chi connectivity index (χ1n) is 6.41. The van der Waals surface area contributed by atoms with Gasteiger partial charge in [-0.3, -0.25) is 4.99 Å². The van der Waals surface area contributed by atoms with Crippen molar-refractivity contribution in [1.29, 1.82) is 0 Å². The summed E-state index contributed by atoms with van der Waals surface area (Å²) in [4.78, 5) is 4.29. The predicted octanol–water partition coefficient (Wildman–Crippen LogP) is 0.880. The molecule has 16 heavy (non-hydrogen) atoms. The average Bonchev–Trinajstić information content (AvgIpc) is 2.70. The van der Waals surface area contributed by atoms with Crippen molar-refractivity contribution < 1.29 is 4.74 Å². The SMILES string of the molecule is CN=C(NC1CC1C)NC1CC2CCC1O2. The monoisotopic (exact) mass is 223 g/mol. The molecule has 3 fully saturated rings. The number of hydrogen-bond acceptors (Lipinski definition) is 2. The van der Waals surface area contributed by atoms with Gasteiger partial charge in [0.05, 0.1) is 18.2 Å². The molecule has 90 valence electrons. The van der Waals surface area contributed by atoms with E-state index in [1.807, 2.05) is 7.05 Å². The van der Waals surface area contributed by atoms with E-state index in [-0.39, 0.29) is 0 Å². The van der Waals surface area contributed by atoms with Crippen LogP contribution >= 0.6 is 0 Å².